The van der Waals surface area contributed by atoms with E-state index in [1.54, 1.807) is 13.8 Å². The van der Waals surface area contributed by atoms with Gasteiger partial charge in [-0.3, -0.25) is 4.79 Å². The van der Waals surface area contributed by atoms with E-state index in [4.69, 9.17) is 9.84 Å². The molecule has 0 aliphatic heterocycles. The molecule has 0 aromatic rings. The molecule has 0 amide bonds. The summed E-state index contributed by atoms with van der Waals surface area (Å²) in [7, 11) is 0. The van der Waals surface area contributed by atoms with Crippen molar-refractivity contribution < 1.29 is 19.4 Å². The van der Waals surface area contributed by atoms with Gasteiger partial charge in [0.15, 0.2) is 0 Å². The van der Waals surface area contributed by atoms with Gasteiger partial charge in [0.1, 0.15) is 6.10 Å². The maximum Gasteiger partial charge on any atom is 0.328 e. The molecule has 4 nitrogen and oxygen atoms in total. The molecule has 4 heteroatoms. The van der Waals surface area contributed by atoms with Crippen LogP contribution in [0.2, 0.25) is 0 Å². The van der Waals surface area contributed by atoms with Crippen LogP contribution in [0.4, 0.5) is 0 Å². The van der Waals surface area contributed by atoms with Crippen molar-refractivity contribution in [2.45, 2.75) is 26.9 Å². The van der Waals surface area contributed by atoms with Crippen molar-refractivity contribution in [1.82, 2.24) is 0 Å². The fraction of sp³-hybridized carbons (Fsp3) is 0.500. The van der Waals surface area contributed by atoms with Gasteiger partial charge < -0.3 is 9.84 Å². The van der Waals surface area contributed by atoms with Gasteiger partial charge >= 0.3 is 11.9 Å². The summed E-state index contributed by atoms with van der Waals surface area (Å²) in [5.41, 5.74) is 0.512. The number of carbonyl (C=O) groups excluding carboxylic acids is 1. The number of rotatable bonds is 3. The molecule has 1 atom stereocenters. The van der Waals surface area contributed by atoms with Gasteiger partial charge in [0.05, 0.1) is 0 Å². The first-order chi connectivity index (χ1) is 5.43. The van der Waals surface area contributed by atoms with E-state index in [1.807, 2.05) is 0 Å². The van der Waals surface area contributed by atoms with Crippen molar-refractivity contribution in [2.24, 2.45) is 0 Å². The lowest BCUT2D eigenvalue weighted by Crippen LogP contribution is -2.14. The monoisotopic (exact) mass is 172 g/mol. The Kier molecular flexibility index (Phi) is 4.04. The highest BCUT2D eigenvalue weighted by atomic mass is 16.5. The second-order valence-corrected chi connectivity index (χ2v) is 2.48. The minimum absolute atomic E-state index is 0.416. The van der Waals surface area contributed by atoms with Crippen LogP contribution in [0, 0.1) is 0 Å². The molecule has 12 heavy (non-hydrogen) atoms. The van der Waals surface area contributed by atoms with Crippen LogP contribution in [0.1, 0.15) is 20.8 Å². The van der Waals surface area contributed by atoms with Gasteiger partial charge in [-0.15, -0.1) is 0 Å². The molecule has 0 saturated heterocycles. The third-order valence-electron chi connectivity index (χ3n) is 1.34. The molecular formula is C8H12O4. The number of hydrogen-bond donors (Lipinski definition) is 1. The lowest BCUT2D eigenvalue weighted by atomic mass is 10.2. The summed E-state index contributed by atoms with van der Waals surface area (Å²) in [6.45, 7) is 4.50. The molecule has 0 fully saturated rings. The van der Waals surface area contributed by atoms with E-state index in [0.717, 1.165) is 6.08 Å². The number of hydrogen-bond acceptors (Lipinski definition) is 3. The summed E-state index contributed by atoms with van der Waals surface area (Å²) in [4.78, 5) is 20.6. The number of carboxylic acids is 1. The second-order valence-electron chi connectivity index (χ2n) is 2.48. The first-order valence-corrected chi connectivity index (χ1v) is 3.52. The number of ether oxygens (including phenoxy) is 1. The Balaban J connectivity index is 4.18. The second kappa shape index (κ2) is 4.54. The molecule has 0 aliphatic rings. The van der Waals surface area contributed by atoms with Crippen molar-refractivity contribution in [1.29, 1.82) is 0 Å². The predicted octanol–water partition coefficient (Wildman–Crippen LogP) is 0.969. The molecule has 0 heterocycles. The van der Waals surface area contributed by atoms with Crippen LogP contribution in [-0.4, -0.2) is 23.1 Å². The Hall–Kier alpha value is -1.32. The molecule has 68 valence electrons. The normalized spacial score (nSPS) is 13.8. The van der Waals surface area contributed by atoms with Gasteiger partial charge in [0.25, 0.3) is 0 Å². The highest BCUT2D eigenvalue weighted by molar-refractivity contribution is 5.80. The zero-order valence-corrected chi connectivity index (χ0v) is 7.33. The lowest BCUT2D eigenvalue weighted by Gasteiger charge is -2.11. The summed E-state index contributed by atoms with van der Waals surface area (Å²) in [5, 5.41) is 8.35. The molecule has 1 N–H and O–H groups in total. The van der Waals surface area contributed by atoms with E-state index >= 15 is 0 Å². The Morgan fingerprint density at radius 1 is 1.42 bits per heavy atom. The summed E-state index contributed by atoms with van der Waals surface area (Å²) in [6.07, 6.45) is 0.548. The SMILES string of the molecule is CC(=O)OC(C)/C(C)=C/C(=O)O. The third kappa shape index (κ3) is 4.49. The van der Waals surface area contributed by atoms with Crippen LogP contribution < -0.4 is 0 Å². The van der Waals surface area contributed by atoms with E-state index in [-0.39, 0.29) is 0 Å². The standard InChI is InChI=1S/C8H12O4/c1-5(4-8(10)11)6(2)12-7(3)9/h4,6H,1-3H3,(H,10,11)/b5-4+. The summed E-state index contributed by atoms with van der Waals surface area (Å²) in [6, 6.07) is 0. The number of carboxylic acid groups (broad SMARTS) is 1. The molecule has 0 bridgehead atoms. The van der Waals surface area contributed by atoms with E-state index < -0.39 is 18.0 Å². The van der Waals surface area contributed by atoms with Gasteiger partial charge in [-0.25, -0.2) is 4.79 Å². The molecule has 1 unspecified atom stereocenters. The highest BCUT2D eigenvalue weighted by Gasteiger charge is 2.08. The smallest absolute Gasteiger partial charge is 0.328 e. The van der Waals surface area contributed by atoms with Gasteiger partial charge in [-0.1, -0.05) is 0 Å². The Labute approximate surface area is 70.8 Å². The molecule has 0 aromatic heterocycles. The average molecular weight is 172 g/mol. The van der Waals surface area contributed by atoms with Crippen LogP contribution in [0.25, 0.3) is 0 Å². The van der Waals surface area contributed by atoms with Gasteiger partial charge in [-0.05, 0) is 19.4 Å². The van der Waals surface area contributed by atoms with E-state index in [1.165, 1.54) is 6.92 Å². The Morgan fingerprint density at radius 3 is 2.25 bits per heavy atom. The lowest BCUT2D eigenvalue weighted by molar-refractivity contribution is -0.144. The average Bonchev–Trinajstić information content (AvgIpc) is 1.84. The molecule has 0 aliphatic carbocycles. The summed E-state index contributed by atoms with van der Waals surface area (Å²) >= 11 is 0. The number of esters is 1. The minimum atomic E-state index is -1.04. The first-order valence-electron chi connectivity index (χ1n) is 3.52. The largest absolute Gasteiger partial charge is 0.478 e. The molecular weight excluding hydrogens is 160 g/mol. The van der Waals surface area contributed by atoms with Crippen LogP contribution in [-0.2, 0) is 14.3 Å². The van der Waals surface area contributed by atoms with Crippen LogP contribution in [0.5, 0.6) is 0 Å². The number of carbonyl (C=O) groups is 2. The first kappa shape index (κ1) is 10.7. The minimum Gasteiger partial charge on any atom is -0.478 e. The number of aliphatic carboxylic acids is 1. The van der Waals surface area contributed by atoms with Crippen LogP contribution in [0.15, 0.2) is 11.6 Å². The maximum atomic E-state index is 10.4. The topological polar surface area (TPSA) is 63.6 Å². The van der Waals surface area contributed by atoms with Crippen molar-refractivity contribution >= 4 is 11.9 Å². The molecule has 0 rings (SSSR count). The quantitative estimate of drug-likeness (QED) is 0.509. The third-order valence-corrected chi connectivity index (χ3v) is 1.34. The van der Waals surface area contributed by atoms with Crippen molar-refractivity contribution in [2.75, 3.05) is 0 Å². The van der Waals surface area contributed by atoms with Gasteiger partial charge in [0.2, 0.25) is 0 Å². The zero-order chi connectivity index (χ0) is 9.72. The zero-order valence-electron chi connectivity index (χ0n) is 7.33. The fourth-order valence-electron chi connectivity index (χ4n) is 0.654. The van der Waals surface area contributed by atoms with Crippen molar-refractivity contribution in [3.05, 3.63) is 11.6 Å². The van der Waals surface area contributed by atoms with Gasteiger partial charge in [0, 0.05) is 13.0 Å². The summed E-state index contributed by atoms with van der Waals surface area (Å²) < 4.78 is 4.74. The molecule has 0 spiro atoms. The van der Waals surface area contributed by atoms with E-state index in [2.05, 4.69) is 0 Å². The maximum absolute atomic E-state index is 10.4. The Bertz CT molecular complexity index is 217. The Morgan fingerprint density at radius 2 is 1.92 bits per heavy atom. The van der Waals surface area contributed by atoms with Crippen molar-refractivity contribution in [3.63, 3.8) is 0 Å². The highest BCUT2D eigenvalue weighted by Crippen LogP contribution is 2.04. The molecule has 0 saturated carbocycles. The van der Waals surface area contributed by atoms with Gasteiger partial charge in [-0.2, -0.15) is 0 Å². The van der Waals surface area contributed by atoms with Crippen LogP contribution >= 0.6 is 0 Å². The van der Waals surface area contributed by atoms with Crippen LogP contribution in [0.3, 0.4) is 0 Å². The van der Waals surface area contributed by atoms with E-state index in [9.17, 15) is 9.59 Å². The van der Waals surface area contributed by atoms with E-state index in [0.29, 0.717) is 5.57 Å². The predicted molar refractivity (Wildman–Crippen MR) is 42.6 cm³/mol. The fourth-order valence-corrected chi connectivity index (χ4v) is 0.654. The molecule has 0 radical (unpaired) electrons. The summed E-state index contributed by atoms with van der Waals surface area (Å²) in [5.74, 6) is -1.45. The molecule has 0 aromatic carbocycles. The van der Waals surface area contributed by atoms with Crippen molar-refractivity contribution in [3.8, 4) is 0 Å².